The molecule has 1 heterocycles. The van der Waals surface area contributed by atoms with Crippen molar-refractivity contribution in [2.24, 2.45) is 5.92 Å². The lowest BCUT2D eigenvalue weighted by molar-refractivity contribution is 0.0634. The van der Waals surface area contributed by atoms with Crippen molar-refractivity contribution in [3.63, 3.8) is 0 Å². The Kier molecular flexibility index (Phi) is 4.76. The van der Waals surface area contributed by atoms with Gasteiger partial charge in [-0.3, -0.25) is 0 Å². The Morgan fingerprint density at radius 2 is 2.33 bits per heavy atom. The molecule has 1 fully saturated rings. The Balaban J connectivity index is 2.07. The second kappa shape index (κ2) is 6.13. The van der Waals surface area contributed by atoms with Gasteiger partial charge in [-0.1, -0.05) is 13.0 Å². The zero-order chi connectivity index (χ0) is 13.1. The molecule has 1 aromatic carbocycles. The molecule has 2 nitrogen and oxygen atoms in total. The topological polar surface area (TPSA) is 21.3 Å². The predicted octanol–water partition coefficient (Wildman–Crippen LogP) is 3.14. The van der Waals surface area contributed by atoms with Crippen molar-refractivity contribution >= 4 is 15.9 Å². The van der Waals surface area contributed by atoms with Crippen LogP contribution in [0.15, 0.2) is 22.7 Å². The molecule has 18 heavy (non-hydrogen) atoms. The van der Waals surface area contributed by atoms with E-state index in [0.717, 1.165) is 25.0 Å². The van der Waals surface area contributed by atoms with E-state index in [-0.39, 0.29) is 18.0 Å². The molecule has 0 bridgehead atoms. The number of ether oxygens (including phenoxy) is 1. The summed E-state index contributed by atoms with van der Waals surface area (Å²) >= 11 is 3.23. The molecule has 0 aromatic heterocycles. The SMILES string of the molecule is CNC(Cc1ccc(F)c(Br)c1)C1OCCC1C. The lowest BCUT2D eigenvalue weighted by atomic mass is 9.93. The normalized spacial score (nSPS) is 25.3. The molecule has 0 aliphatic carbocycles. The minimum Gasteiger partial charge on any atom is -0.376 e. The number of likely N-dealkylation sites (N-methyl/N-ethyl adjacent to an activating group) is 1. The average molecular weight is 316 g/mol. The summed E-state index contributed by atoms with van der Waals surface area (Å²) in [6.45, 7) is 3.07. The van der Waals surface area contributed by atoms with E-state index in [4.69, 9.17) is 4.74 Å². The summed E-state index contributed by atoms with van der Waals surface area (Å²) in [4.78, 5) is 0. The van der Waals surface area contributed by atoms with Gasteiger partial charge in [0, 0.05) is 12.6 Å². The monoisotopic (exact) mass is 315 g/mol. The van der Waals surface area contributed by atoms with Gasteiger partial charge in [-0.25, -0.2) is 4.39 Å². The van der Waals surface area contributed by atoms with Crippen LogP contribution in [-0.4, -0.2) is 25.8 Å². The van der Waals surface area contributed by atoms with Gasteiger partial charge in [0.2, 0.25) is 0 Å². The maximum atomic E-state index is 13.2. The number of benzene rings is 1. The lowest BCUT2D eigenvalue weighted by Crippen LogP contribution is -2.41. The van der Waals surface area contributed by atoms with Gasteiger partial charge in [0.05, 0.1) is 10.6 Å². The van der Waals surface area contributed by atoms with Gasteiger partial charge in [0.1, 0.15) is 5.82 Å². The first-order valence-corrected chi connectivity index (χ1v) is 7.14. The van der Waals surface area contributed by atoms with Gasteiger partial charge in [-0.2, -0.15) is 0 Å². The summed E-state index contributed by atoms with van der Waals surface area (Å²) in [5, 5.41) is 3.32. The van der Waals surface area contributed by atoms with Crippen LogP contribution in [0.25, 0.3) is 0 Å². The zero-order valence-corrected chi connectivity index (χ0v) is 12.3. The Morgan fingerprint density at radius 3 is 2.89 bits per heavy atom. The Hall–Kier alpha value is -0.450. The van der Waals surface area contributed by atoms with Gasteiger partial charge < -0.3 is 10.1 Å². The van der Waals surface area contributed by atoms with Gasteiger partial charge in [0.15, 0.2) is 0 Å². The third-order valence-electron chi connectivity index (χ3n) is 3.65. The third-order valence-corrected chi connectivity index (χ3v) is 4.26. The standard InChI is InChI=1S/C14H19BrFNO/c1-9-5-6-18-14(9)13(17-2)8-10-3-4-12(16)11(15)7-10/h3-4,7,9,13-14,17H,5-6,8H2,1-2H3. The maximum Gasteiger partial charge on any atom is 0.137 e. The number of rotatable bonds is 4. The molecule has 1 saturated heterocycles. The van der Waals surface area contributed by atoms with E-state index >= 15 is 0 Å². The van der Waals surface area contributed by atoms with Crippen LogP contribution in [0.4, 0.5) is 4.39 Å². The molecule has 1 N–H and O–H groups in total. The largest absolute Gasteiger partial charge is 0.376 e. The Bertz CT molecular complexity index is 413. The van der Waals surface area contributed by atoms with Crippen LogP contribution in [0.3, 0.4) is 0 Å². The zero-order valence-electron chi connectivity index (χ0n) is 10.7. The second-order valence-electron chi connectivity index (χ2n) is 4.95. The summed E-state index contributed by atoms with van der Waals surface area (Å²) < 4.78 is 19.5. The molecule has 0 spiro atoms. The van der Waals surface area contributed by atoms with Crippen LogP contribution in [0.5, 0.6) is 0 Å². The molecule has 1 aliphatic rings. The highest BCUT2D eigenvalue weighted by atomic mass is 79.9. The van der Waals surface area contributed by atoms with E-state index in [1.165, 1.54) is 6.07 Å². The second-order valence-corrected chi connectivity index (χ2v) is 5.80. The van der Waals surface area contributed by atoms with Crippen molar-refractivity contribution in [1.82, 2.24) is 5.32 Å². The van der Waals surface area contributed by atoms with Crippen LogP contribution >= 0.6 is 15.9 Å². The fraction of sp³-hybridized carbons (Fsp3) is 0.571. The van der Waals surface area contributed by atoms with Gasteiger partial charge >= 0.3 is 0 Å². The lowest BCUT2D eigenvalue weighted by Gasteiger charge is -2.26. The van der Waals surface area contributed by atoms with Gasteiger partial charge in [-0.15, -0.1) is 0 Å². The molecule has 3 unspecified atom stereocenters. The number of halogens is 2. The number of nitrogens with one attached hydrogen (secondary N) is 1. The highest BCUT2D eigenvalue weighted by Crippen LogP contribution is 2.25. The molecule has 100 valence electrons. The third kappa shape index (κ3) is 3.11. The van der Waals surface area contributed by atoms with Crippen molar-refractivity contribution in [3.8, 4) is 0 Å². The fourth-order valence-corrected chi connectivity index (χ4v) is 2.96. The number of hydrogen-bond acceptors (Lipinski definition) is 2. The summed E-state index contributed by atoms with van der Waals surface area (Å²) in [6.07, 6.45) is 2.22. The fourth-order valence-electron chi connectivity index (χ4n) is 2.53. The van der Waals surface area contributed by atoms with E-state index in [2.05, 4.69) is 28.2 Å². The van der Waals surface area contributed by atoms with Gasteiger partial charge in [0.25, 0.3) is 0 Å². The molecule has 1 aliphatic heterocycles. The van der Waals surface area contributed by atoms with E-state index in [1.54, 1.807) is 0 Å². The molecule has 3 atom stereocenters. The molecule has 2 rings (SSSR count). The van der Waals surface area contributed by atoms with Crippen LogP contribution in [0.2, 0.25) is 0 Å². The summed E-state index contributed by atoms with van der Waals surface area (Å²) in [5.74, 6) is 0.358. The highest BCUT2D eigenvalue weighted by molar-refractivity contribution is 9.10. The summed E-state index contributed by atoms with van der Waals surface area (Å²) in [5.41, 5.74) is 1.12. The molecule has 4 heteroatoms. The molecular weight excluding hydrogens is 297 g/mol. The maximum absolute atomic E-state index is 13.2. The van der Waals surface area contributed by atoms with Crippen LogP contribution in [-0.2, 0) is 11.2 Å². The first kappa shape index (κ1) is 14.0. The van der Waals surface area contributed by atoms with E-state index in [0.29, 0.717) is 10.4 Å². The minimum atomic E-state index is -0.217. The van der Waals surface area contributed by atoms with Gasteiger partial charge in [-0.05, 0) is 59.4 Å². The van der Waals surface area contributed by atoms with E-state index < -0.39 is 0 Å². The highest BCUT2D eigenvalue weighted by Gasteiger charge is 2.31. The summed E-state index contributed by atoms with van der Waals surface area (Å²) in [7, 11) is 1.96. The van der Waals surface area contributed by atoms with E-state index in [9.17, 15) is 4.39 Å². The first-order chi connectivity index (χ1) is 8.61. The first-order valence-electron chi connectivity index (χ1n) is 6.34. The van der Waals surface area contributed by atoms with Crippen LogP contribution in [0, 0.1) is 11.7 Å². The molecule has 0 radical (unpaired) electrons. The van der Waals surface area contributed by atoms with Crippen molar-refractivity contribution in [2.75, 3.05) is 13.7 Å². The van der Waals surface area contributed by atoms with E-state index in [1.807, 2.05) is 19.2 Å². The molecule has 1 aromatic rings. The Morgan fingerprint density at radius 1 is 1.56 bits per heavy atom. The van der Waals surface area contributed by atoms with Crippen molar-refractivity contribution < 1.29 is 9.13 Å². The summed E-state index contributed by atoms with van der Waals surface area (Å²) in [6, 6.07) is 5.47. The van der Waals surface area contributed by atoms with Crippen molar-refractivity contribution in [1.29, 1.82) is 0 Å². The quantitative estimate of drug-likeness (QED) is 0.921. The number of hydrogen-bond donors (Lipinski definition) is 1. The predicted molar refractivity (Wildman–Crippen MR) is 74.2 cm³/mol. The average Bonchev–Trinajstić information content (AvgIpc) is 2.77. The van der Waals surface area contributed by atoms with Crippen molar-refractivity contribution in [2.45, 2.75) is 31.9 Å². The molecule has 0 saturated carbocycles. The van der Waals surface area contributed by atoms with Crippen LogP contribution < -0.4 is 5.32 Å². The van der Waals surface area contributed by atoms with Crippen LogP contribution in [0.1, 0.15) is 18.9 Å². The van der Waals surface area contributed by atoms with Crippen molar-refractivity contribution in [3.05, 3.63) is 34.1 Å². The smallest absolute Gasteiger partial charge is 0.137 e. The Labute approximate surface area is 116 Å². The molecular formula is C14H19BrFNO. The minimum absolute atomic E-state index is 0.217. The molecule has 0 amide bonds.